The molecule has 132 valence electrons. The van der Waals surface area contributed by atoms with E-state index in [0.29, 0.717) is 41.9 Å². The average molecular weight is 380 g/mol. The lowest BCUT2D eigenvalue weighted by Gasteiger charge is -2.36. The molecule has 0 unspecified atom stereocenters. The Morgan fingerprint density at radius 1 is 1.08 bits per heavy atom. The van der Waals surface area contributed by atoms with Crippen LogP contribution in [0.15, 0.2) is 42.5 Å². The number of rotatable bonds is 3. The van der Waals surface area contributed by atoms with Gasteiger partial charge >= 0.3 is 6.03 Å². The summed E-state index contributed by atoms with van der Waals surface area (Å²) in [7, 11) is 1.64. The van der Waals surface area contributed by atoms with Crippen molar-refractivity contribution in [3.05, 3.63) is 52.5 Å². The van der Waals surface area contributed by atoms with Crippen molar-refractivity contribution in [1.29, 1.82) is 0 Å². The first-order chi connectivity index (χ1) is 12.1. The van der Waals surface area contributed by atoms with Gasteiger partial charge in [0.05, 0.1) is 23.5 Å². The van der Waals surface area contributed by atoms with E-state index in [1.165, 1.54) is 0 Å². The van der Waals surface area contributed by atoms with Crippen LogP contribution in [-0.2, 0) is 0 Å². The maximum absolute atomic E-state index is 12.4. The summed E-state index contributed by atoms with van der Waals surface area (Å²) >= 11 is 12.2. The van der Waals surface area contributed by atoms with E-state index in [0.717, 1.165) is 11.4 Å². The number of anilines is 2. The third kappa shape index (κ3) is 4.11. The number of methoxy groups -OCH3 is 1. The van der Waals surface area contributed by atoms with Crippen LogP contribution in [0.3, 0.4) is 0 Å². The van der Waals surface area contributed by atoms with Gasteiger partial charge < -0.3 is 19.9 Å². The highest BCUT2D eigenvalue weighted by Gasteiger charge is 2.23. The van der Waals surface area contributed by atoms with Crippen LogP contribution in [0.5, 0.6) is 5.75 Å². The van der Waals surface area contributed by atoms with Gasteiger partial charge in [0.1, 0.15) is 5.75 Å². The first-order valence-electron chi connectivity index (χ1n) is 7.97. The number of amides is 2. The molecule has 1 saturated heterocycles. The van der Waals surface area contributed by atoms with E-state index >= 15 is 0 Å². The number of benzene rings is 2. The maximum atomic E-state index is 12.4. The van der Waals surface area contributed by atoms with Crippen LogP contribution in [-0.4, -0.2) is 44.2 Å². The zero-order valence-electron chi connectivity index (χ0n) is 13.8. The Hall–Kier alpha value is -2.11. The van der Waals surface area contributed by atoms with E-state index in [4.69, 9.17) is 27.9 Å². The quantitative estimate of drug-likeness (QED) is 0.861. The van der Waals surface area contributed by atoms with Crippen molar-refractivity contribution in [2.24, 2.45) is 0 Å². The minimum Gasteiger partial charge on any atom is -0.495 e. The van der Waals surface area contributed by atoms with E-state index in [1.807, 2.05) is 24.3 Å². The molecule has 0 aromatic heterocycles. The van der Waals surface area contributed by atoms with E-state index in [9.17, 15) is 4.79 Å². The Bertz CT molecular complexity index is 762. The van der Waals surface area contributed by atoms with Crippen LogP contribution >= 0.6 is 23.2 Å². The molecule has 0 radical (unpaired) electrons. The number of halogens is 2. The minimum absolute atomic E-state index is 0.147. The predicted octanol–water partition coefficient (Wildman–Crippen LogP) is 4.36. The molecular formula is C18H19Cl2N3O2. The normalized spacial score (nSPS) is 14.4. The summed E-state index contributed by atoms with van der Waals surface area (Å²) in [5, 5.41) is 4.04. The Morgan fingerprint density at radius 2 is 1.80 bits per heavy atom. The highest BCUT2D eigenvalue weighted by Crippen LogP contribution is 2.32. The summed E-state index contributed by atoms with van der Waals surface area (Å²) in [5.41, 5.74) is 1.56. The maximum Gasteiger partial charge on any atom is 0.322 e. The summed E-state index contributed by atoms with van der Waals surface area (Å²) < 4.78 is 5.41. The summed E-state index contributed by atoms with van der Waals surface area (Å²) in [6.45, 7) is 2.61. The van der Waals surface area contributed by atoms with Crippen LogP contribution in [0.25, 0.3) is 0 Å². The molecule has 1 aliphatic rings. The average Bonchev–Trinajstić information content (AvgIpc) is 2.63. The van der Waals surface area contributed by atoms with Gasteiger partial charge in [-0.1, -0.05) is 35.3 Å². The van der Waals surface area contributed by atoms with E-state index in [1.54, 1.807) is 30.2 Å². The monoisotopic (exact) mass is 379 g/mol. The van der Waals surface area contributed by atoms with Crippen LogP contribution in [0.1, 0.15) is 0 Å². The lowest BCUT2D eigenvalue weighted by molar-refractivity contribution is 0.208. The van der Waals surface area contributed by atoms with Gasteiger partial charge in [-0.2, -0.15) is 0 Å². The smallest absolute Gasteiger partial charge is 0.322 e. The number of para-hydroxylation sites is 1. The molecular weight excluding hydrogens is 361 g/mol. The minimum atomic E-state index is -0.147. The van der Waals surface area contributed by atoms with E-state index in [-0.39, 0.29) is 6.03 Å². The van der Waals surface area contributed by atoms with Crippen LogP contribution in [0.2, 0.25) is 10.0 Å². The fourth-order valence-electron chi connectivity index (χ4n) is 2.82. The van der Waals surface area contributed by atoms with Crippen LogP contribution in [0.4, 0.5) is 16.2 Å². The van der Waals surface area contributed by atoms with Gasteiger partial charge in [0, 0.05) is 31.2 Å². The fourth-order valence-corrected chi connectivity index (χ4v) is 3.17. The first-order valence-corrected chi connectivity index (χ1v) is 8.73. The molecule has 1 N–H and O–H groups in total. The number of hydrogen-bond acceptors (Lipinski definition) is 3. The number of ether oxygens (including phenoxy) is 1. The molecule has 1 fully saturated rings. The standard InChI is InChI=1S/C18H19Cl2N3O2/c1-25-17-7-6-13(19)12-16(17)22-8-10-23(11-9-22)18(24)21-15-5-3-2-4-14(15)20/h2-7,12H,8-11H2,1H3,(H,21,24). The third-order valence-corrected chi connectivity index (χ3v) is 4.73. The molecule has 0 bridgehead atoms. The number of carbonyl (C=O) groups is 1. The highest BCUT2D eigenvalue weighted by atomic mass is 35.5. The van der Waals surface area contributed by atoms with Gasteiger partial charge in [0.25, 0.3) is 0 Å². The Balaban J connectivity index is 1.63. The Morgan fingerprint density at radius 3 is 2.48 bits per heavy atom. The topological polar surface area (TPSA) is 44.8 Å². The number of nitrogens with one attached hydrogen (secondary N) is 1. The Kier molecular flexibility index (Phi) is 5.56. The number of nitrogens with zero attached hydrogens (tertiary/aromatic N) is 2. The van der Waals surface area contributed by atoms with Crippen molar-refractivity contribution in [1.82, 2.24) is 4.90 Å². The van der Waals surface area contributed by atoms with Crippen molar-refractivity contribution in [2.45, 2.75) is 0 Å². The molecule has 0 atom stereocenters. The van der Waals surface area contributed by atoms with Crippen molar-refractivity contribution in [3.8, 4) is 5.75 Å². The van der Waals surface area contributed by atoms with Gasteiger partial charge in [0.15, 0.2) is 0 Å². The zero-order valence-corrected chi connectivity index (χ0v) is 15.3. The fraction of sp³-hybridized carbons (Fsp3) is 0.278. The Labute approximate surface area is 157 Å². The largest absolute Gasteiger partial charge is 0.495 e. The molecule has 0 spiro atoms. The number of urea groups is 1. The second kappa shape index (κ2) is 7.85. The number of piperazine rings is 1. The summed E-state index contributed by atoms with van der Waals surface area (Å²) in [6.07, 6.45) is 0. The third-order valence-electron chi connectivity index (χ3n) is 4.16. The second-order valence-corrected chi connectivity index (χ2v) is 6.54. The molecule has 2 aromatic rings. The van der Waals surface area contributed by atoms with Crippen molar-refractivity contribution < 1.29 is 9.53 Å². The highest BCUT2D eigenvalue weighted by molar-refractivity contribution is 6.33. The molecule has 25 heavy (non-hydrogen) atoms. The van der Waals surface area contributed by atoms with E-state index in [2.05, 4.69) is 10.2 Å². The number of carbonyl (C=O) groups excluding carboxylic acids is 1. The zero-order chi connectivity index (χ0) is 17.8. The van der Waals surface area contributed by atoms with E-state index < -0.39 is 0 Å². The first kappa shape index (κ1) is 17.7. The molecule has 7 heteroatoms. The lowest BCUT2D eigenvalue weighted by Crippen LogP contribution is -2.50. The number of hydrogen-bond donors (Lipinski definition) is 1. The second-order valence-electron chi connectivity index (χ2n) is 5.70. The van der Waals surface area contributed by atoms with Crippen LogP contribution < -0.4 is 15.0 Å². The van der Waals surface area contributed by atoms with Crippen molar-refractivity contribution >= 4 is 40.6 Å². The van der Waals surface area contributed by atoms with Crippen molar-refractivity contribution in [3.63, 3.8) is 0 Å². The SMILES string of the molecule is COc1ccc(Cl)cc1N1CCN(C(=O)Nc2ccccc2Cl)CC1. The van der Waals surface area contributed by atoms with Gasteiger partial charge in [-0.25, -0.2) is 4.79 Å². The molecule has 0 saturated carbocycles. The van der Waals surface area contributed by atoms with Gasteiger partial charge in [-0.15, -0.1) is 0 Å². The van der Waals surface area contributed by atoms with Gasteiger partial charge in [0.2, 0.25) is 0 Å². The molecule has 1 heterocycles. The summed E-state index contributed by atoms with van der Waals surface area (Å²) in [5.74, 6) is 0.776. The molecule has 1 aliphatic heterocycles. The molecule has 5 nitrogen and oxygen atoms in total. The molecule has 2 aromatic carbocycles. The summed E-state index contributed by atoms with van der Waals surface area (Å²) in [6, 6.07) is 12.6. The molecule has 3 rings (SSSR count). The predicted molar refractivity (Wildman–Crippen MR) is 102 cm³/mol. The molecule has 0 aliphatic carbocycles. The molecule has 2 amide bonds. The summed E-state index contributed by atoms with van der Waals surface area (Å²) in [4.78, 5) is 16.4. The van der Waals surface area contributed by atoms with Crippen molar-refractivity contribution in [2.75, 3.05) is 43.5 Å². The van der Waals surface area contributed by atoms with Crippen LogP contribution in [0, 0.1) is 0 Å². The lowest BCUT2D eigenvalue weighted by atomic mass is 10.2. The van der Waals surface area contributed by atoms with Gasteiger partial charge in [-0.05, 0) is 30.3 Å². The van der Waals surface area contributed by atoms with Gasteiger partial charge in [-0.3, -0.25) is 0 Å².